The maximum atomic E-state index is 12.5. The second-order valence-electron chi connectivity index (χ2n) is 7.52. The van der Waals surface area contributed by atoms with Gasteiger partial charge in [-0.1, -0.05) is 29.8 Å². The van der Waals surface area contributed by atoms with Crippen molar-refractivity contribution in [2.75, 3.05) is 5.32 Å². The molecule has 4 rings (SSSR count). The number of carbonyl (C=O) groups excluding carboxylic acids is 1. The Morgan fingerprint density at radius 3 is 2.56 bits per heavy atom. The third-order valence-corrected chi connectivity index (χ3v) is 6.30. The number of amides is 1. The number of hydrogen-bond donors (Lipinski definition) is 2. The van der Waals surface area contributed by atoms with Crippen molar-refractivity contribution in [2.24, 2.45) is 5.92 Å². The van der Waals surface area contributed by atoms with E-state index in [0.717, 1.165) is 34.1 Å². The molecule has 4 nitrogen and oxygen atoms in total. The van der Waals surface area contributed by atoms with Crippen LogP contribution in [0.2, 0.25) is 0 Å². The first-order valence-corrected chi connectivity index (χ1v) is 9.99. The van der Waals surface area contributed by atoms with Crippen molar-refractivity contribution >= 4 is 22.4 Å². The van der Waals surface area contributed by atoms with Gasteiger partial charge in [-0.15, -0.1) is 11.3 Å². The Morgan fingerprint density at radius 1 is 1.20 bits per heavy atom. The summed E-state index contributed by atoms with van der Waals surface area (Å²) in [6, 6.07) is 9.63. The molecule has 0 spiro atoms. The van der Waals surface area contributed by atoms with Crippen LogP contribution in [-0.4, -0.2) is 23.0 Å². The summed E-state index contributed by atoms with van der Waals surface area (Å²) in [4.78, 5) is 18.2. The zero-order chi connectivity index (χ0) is 17.4. The lowest BCUT2D eigenvalue weighted by molar-refractivity contribution is -0.117. The van der Waals surface area contributed by atoms with Crippen molar-refractivity contribution in [3.63, 3.8) is 0 Å². The van der Waals surface area contributed by atoms with Gasteiger partial charge in [0.2, 0.25) is 5.91 Å². The molecule has 3 heterocycles. The average molecular weight is 356 g/mol. The van der Waals surface area contributed by atoms with Crippen LogP contribution in [-0.2, 0) is 4.79 Å². The number of hydrogen-bond acceptors (Lipinski definition) is 4. The summed E-state index contributed by atoms with van der Waals surface area (Å²) < 4.78 is 0. The highest BCUT2D eigenvalue weighted by Gasteiger charge is 2.34. The molecule has 2 N–H and O–H groups in total. The maximum absolute atomic E-state index is 12.5. The third kappa shape index (κ3) is 3.77. The SMILES string of the molecule is Cc1ccc(-c2nc(NC(=O)CC3CC4CCC(C3)N4)sc2C)cc1. The molecular formula is C20H25N3OS. The molecule has 2 atom stereocenters. The van der Waals surface area contributed by atoms with Gasteiger partial charge in [-0.2, -0.15) is 0 Å². The van der Waals surface area contributed by atoms with Crippen molar-refractivity contribution < 1.29 is 4.79 Å². The summed E-state index contributed by atoms with van der Waals surface area (Å²) in [5.74, 6) is 0.617. The van der Waals surface area contributed by atoms with E-state index in [1.807, 2.05) is 0 Å². The first-order valence-electron chi connectivity index (χ1n) is 9.17. The summed E-state index contributed by atoms with van der Waals surface area (Å²) in [6.45, 7) is 4.14. The maximum Gasteiger partial charge on any atom is 0.226 e. The zero-order valence-corrected chi connectivity index (χ0v) is 15.7. The van der Waals surface area contributed by atoms with Gasteiger partial charge in [0.25, 0.3) is 0 Å². The standard InChI is InChI=1S/C20H25N3OS/c1-12-3-5-15(6-4-12)19-13(2)25-20(23-19)22-18(24)11-14-9-16-7-8-17(10-14)21-16/h3-6,14,16-17,21H,7-11H2,1-2H3,(H,22,23,24). The lowest BCUT2D eigenvalue weighted by atomic mass is 9.89. The van der Waals surface area contributed by atoms with E-state index in [1.165, 1.54) is 18.4 Å². The predicted octanol–water partition coefficient (Wildman–Crippen LogP) is 4.29. The third-order valence-electron chi connectivity index (χ3n) is 5.41. The summed E-state index contributed by atoms with van der Waals surface area (Å²) in [5, 5.41) is 7.38. The van der Waals surface area contributed by atoms with E-state index in [-0.39, 0.29) is 5.91 Å². The lowest BCUT2D eigenvalue weighted by Gasteiger charge is -2.28. The minimum atomic E-state index is 0.107. The van der Waals surface area contributed by atoms with Crippen molar-refractivity contribution in [3.8, 4) is 11.3 Å². The van der Waals surface area contributed by atoms with E-state index in [1.54, 1.807) is 11.3 Å². The van der Waals surface area contributed by atoms with Crippen LogP contribution >= 0.6 is 11.3 Å². The number of anilines is 1. The fraction of sp³-hybridized carbons (Fsp3) is 0.500. The molecule has 2 bridgehead atoms. The van der Waals surface area contributed by atoms with E-state index in [4.69, 9.17) is 0 Å². The molecule has 25 heavy (non-hydrogen) atoms. The first kappa shape index (κ1) is 16.7. The van der Waals surface area contributed by atoms with E-state index < -0.39 is 0 Å². The van der Waals surface area contributed by atoms with Gasteiger partial charge < -0.3 is 10.6 Å². The molecule has 2 fully saturated rings. The molecule has 2 aliphatic heterocycles. The number of aromatic nitrogens is 1. The monoisotopic (exact) mass is 355 g/mol. The minimum Gasteiger partial charge on any atom is -0.311 e. The highest BCUT2D eigenvalue weighted by molar-refractivity contribution is 7.16. The number of rotatable bonds is 4. The molecule has 2 aromatic rings. The Balaban J connectivity index is 1.40. The number of aryl methyl sites for hydroxylation is 2. The second kappa shape index (κ2) is 6.89. The topological polar surface area (TPSA) is 54.0 Å². The van der Waals surface area contributed by atoms with Crippen LogP contribution in [0.5, 0.6) is 0 Å². The number of piperidine rings is 1. The molecule has 2 saturated heterocycles. The minimum absolute atomic E-state index is 0.107. The van der Waals surface area contributed by atoms with E-state index in [0.29, 0.717) is 24.4 Å². The molecular weight excluding hydrogens is 330 g/mol. The molecule has 0 saturated carbocycles. The van der Waals surface area contributed by atoms with Gasteiger partial charge in [-0.25, -0.2) is 4.98 Å². The van der Waals surface area contributed by atoms with Crippen LogP contribution in [0.3, 0.4) is 0 Å². The van der Waals surface area contributed by atoms with Crippen molar-refractivity contribution in [1.29, 1.82) is 0 Å². The predicted molar refractivity (Wildman–Crippen MR) is 103 cm³/mol. The van der Waals surface area contributed by atoms with Gasteiger partial charge in [-0.3, -0.25) is 4.79 Å². The highest BCUT2D eigenvalue weighted by Crippen LogP contribution is 2.34. The van der Waals surface area contributed by atoms with Gasteiger partial charge in [0.05, 0.1) is 5.69 Å². The highest BCUT2D eigenvalue weighted by atomic mass is 32.1. The molecule has 1 aromatic heterocycles. The summed E-state index contributed by atoms with van der Waals surface area (Å²) in [6.07, 6.45) is 5.43. The van der Waals surface area contributed by atoms with Crippen LogP contribution < -0.4 is 10.6 Å². The number of thiazole rings is 1. The van der Waals surface area contributed by atoms with Crippen molar-refractivity contribution in [3.05, 3.63) is 34.7 Å². The molecule has 0 radical (unpaired) electrons. The average Bonchev–Trinajstić information content (AvgIpc) is 3.10. The Hall–Kier alpha value is -1.72. The molecule has 2 unspecified atom stereocenters. The largest absolute Gasteiger partial charge is 0.311 e. The van der Waals surface area contributed by atoms with Gasteiger partial charge in [-0.05, 0) is 45.4 Å². The quantitative estimate of drug-likeness (QED) is 0.860. The van der Waals surface area contributed by atoms with Gasteiger partial charge in [0.1, 0.15) is 0 Å². The zero-order valence-electron chi connectivity index (χ0n) is 14.8. The number of carbonyl (C=O) groups is 1. The van der Waals surface area contributed by atoms with Crippen molar-refractivity contribution in [1.82, 2.24) is 10.3 Å². The number of benzene rings is 1. The van der Waals surface area contributed by atoms with Crippen LogP contribution in [0, 0.1) is 19.8 Å². The summed E-state index contributed by atoms with van der Waals surface area (Å²) in [5.41, 5.74) is 3.32. The number of fused-ring (bicyclic) bond motifs is 2. The van der Waals surface area contributed by atoms with Gasteiger partial charge in [0, 0.05) is 28.9 Å². The van der Waals surface area contributed by atoms with Crippen LogP contribution in [0.15, 0.2) is 24.3 Å². The molecule has 2 aliphatic rings. The molecule has 1 aromatic carbocycles. The second-order valence-corrected chi connectivity index (χ2v) is 8.72. The smallest absolute Gasteiger partial charge is 0.226 e. The van der Waals surface area contributed by atoms with E-state index >= 15 is 0 Å². The Kier molecular flexibility index (Phi) is 4.61. The van der Waals surface area contributed by atoms with Gasteiger partial charge in [0.15, 0.2) is 5.13 Å². The summed E-state index contributed by atoms with van der Waals surface area (Å²) in [7, 11) is 0. The van der Waals surface area contributed by atoms with Gasteiger partial charge >= 0.3 is 0 Å². The number of nitrogens with zero attached hydrogens (tertiary/aromatic N) is 1. The van der Waals surface area contributed by atoms with Crippen molar-refractivity contribution in [2.45, 2.75) is 58.0 Å². The normalized spacial score (nSPS) is 25.1. The lowest BCUT2D eigenvalue weighted by Crippen LogP contribution is -2.39. The van der Waals surface area contributed by atoms with Crippen LogP contribution in [0.1, 0.15) is 42.5 Å². The summed E-state index contributed by atoms with van der Waals surface area (Å²) >= 11 is 1.56. The Bertz CT molecular complexity index is 756. The van der Waals surface area contributed by atoms with E-state index in [2.05, 4.69) is 53.7 Å². The fourth-order valence-electron chi connectivity index (χ4n) is 4.20. The van der Waals surface area contributed by atoms with E-state index in [9.17, 15) is 4.79 Å². The molecule has 1 amide bonds. The molecule has 5 heteroatoms. The fourth-order valence-corrected chi connectivity index (χ4v) is 5.06. The molecule has 0 aliphatic carbocycles. The Labute approximate surface area is 153 Å². The molecule has 132 valence electrons. The first-order chi connectivity index (χ1) is 12.1. The van der Waals surface area contributed by atoms with Crippen LogP contribution in [0.4, 0.5) is 5.13 Å². The van der Waals surface area contributed by atoms with Crippen LogP contribution in [0.25, 0.3) is 11.3 Å². The number of nitrogens with one attached hydrogen (secondary N) is 2. The Morgan fingerprint density at radius 2 is 1.88 bits per heavy atom.